The Labute approximate surface area is 148 Å². The molecule has 3 rings (SSSR count). The third kappa shape index (κ3) is 3.66. The van der Waals surface area contributed by atoms with Crippen LogP contribution in [0.1, 0.15) is 15.9 Å². The number of carbonyl (C=O) groups excluding carboxylic acids is 1. The molecule has 7 heteroatoms. The first kappa shape index (κ1) is 17.0. The van der Waals surface area contributed by atoms with Crippen molar-refractivity contribution in [3.8, 4) is 0 Å². The predicted octanol–water partition coefficient (Wildman–Crippen LogP) is 3.91. The van der Waals surface area contributed by atoms with Crippen LogP contribution >= 0.6 is 11.8 Å². The van der Waals surface area contributed by atoms with Gasteiger partial charge in [0.2, 0.25) is 0 Å². The summed E-state index contributed by atoms with van der Waals surface area (Å²) in [4.78, 5) is 27.1. The number of thioether (sulfide) groups is 1. The van der Waals surface area contributed by atoms with Crippen molar-refractivity contribution < 1.29 is 9.72 Å². The van der Waals surface area contributed by atoms with Gasteiger partial charge < -0.3 is 10.3 Å². The molecule has 0 saturated carbocycles. The average molecular weight is 355 g/mol. The summed E-state index contributed by atoms with van der Waals surface area (Å²) in [5.74, 6) is 0.419. The summed E-state index contributed by atoms with van der Waals surface area (Å²) in [6.07, 6.45) is 1.96. The number of rotatable bonds is 6. The van der Waals surface area contributed by atoms with Gasteiger partial charge in [-0.1, -0.05) is 24.3 Å². The summed E-state index contributed by atoms with van der Waals surface area (Å²) in [5.41, 5.74) is 1.77. The number of hydrogen-bond donors (Lipinski definition) is 2. The van der Waals surface area contributed by atoms with Crippen LogP contribution in [0.3, 0.4) is 0 Å². The first-order valence-corrected chi connectivity index (χ1v) is 8.77. The topological polar surface area (TPSA) is 88.0 Å². The van der Waals surface area contributed by atoms with Crippen molar-refractivity contribution in [2.45, 2.75) is 11.8 Å². The molecule has 2 aromatic carbocycles. The maximum atomic E-state index is 12.3. The van der Waals surface area contributed by atoms with Gasteiger partial charge in [-0.3, -0.25) is 14.9 Å². The van der Waals surface area contributed by atoms with Crippen LogP contribution in [0.25, 0.3) is 10.9 Å². The third-order valence-corrected chi connectivity index (χ3v) is 5.00. The van der Waals surface area contributed by atoms with Crippen LogP contribution in [0.4, 0.5) is 5.69 Å². The van der Waals surface area contributed by atoms with Crippen molar-refractivity contribution in [3.05, 3.63) is 69.9 Å². The Hall–Kier alpha value is -2.80. The molecule has 0 radical (unpaired) electrons. The number of para-hydroxylation sites is 1. The monoisotopic (exact) mass is 355 g/mol. The first-order chi connectivity index (χ1) is 12.1. The summed E-state index contributed by atoms with van der Waals surface area (Å²) in [5, 5.41) is 14.9. The fourth-order valence-electron chi connectivity index (χ4n) is 2.65. The zero-order chi connectivity index (χ0) is 17.8. The number of carbonyl (C=O) groups is 1. The van der Waals surface area contributed by atoms with Crippen LogP contribution < -0.4 is 5.32 Å². The summed E-state index contributed by atoms with van der Waals surface area (Å²) >= 11 is 1.65. The fourth-order valence-corrected chi connectivity index (χ4v) is 3.55. The van der Waals surface area contributed by atoms with Gasteiger partial charge in [-0.05, 0) is 19.1 Å². The molecule has 0 unspecified atom stereocenters. The molecule has 1 heterocycles. The van der Waals surface area contributed by atoms with Crippen molar-refractivity contribution in [1.29, 1.82) is 0 Å². The molecule has 0 aliphatic heterocycles. The lowest BCUT2D eigenvalue weighted by atomic mass is 10.1. The van der Waals surface area contributed by atoms with Crippen LogP contribution in [-0.4, -0.2) is 28.1 Å². The van der Waals surface area contributed by atoms with Gasteiger partial charge >= 0.3 is 0 Å². The fraction of sp³-hybridized carbons (Fsp3) is 0.167. The lowest BCUT2D eigenvalue weighted by Crippen LogP contribution is -2.26. The molecule has 0 aliphatic rings. The Kier molecular flexibility index (Phi) is 5.04. The second kappa shape index (κ2) is 7.40. The van der Waals surface area contributed by atoms with E-state index in [-0.39, 0.29) is 11.6 Å². The maximum Gasteiger partial charge on any atom is 0.273 e. The number of fused-ring (bicyclic) bond motifs is 1. The second-order valence-electron chi connectivity index (χ2n) is 5.51. The Morgan fingerprint density at radius 3 is 2.84 bits per heavy atom. The second-order valence-corrected chi connectivity index (χ2v) is 6.65. The predicted molar refractivity (Wildman–Crippen MR) is 99.2 cm³/mol. The van der Waals surface area contributed by atoms with Crippen molar-refractivity contribution in [2.75, 3.05) is 12.3 Å². The quantitative estimate of drug-likeness (QED) is 0.304. The molecular formula is C18H17N3O3S. The van der Waals surface area contributed by atoms with Crippen molar-refractivity contribution >= 4 is 34.3 Å². The van der Waals surface area contributed by atoms with Gasteiger partial charge in [0.15, 0.2) is 0 Å². The van der Waals surface area contributed by atoms with E-state index in [4.69, 9.17) is 0 Å². The first-order valence-electron chi connectivity index (χ1n) is 7.79. The Balaban J connectivity index is 1.58. The highest BCUT2D eigenvalue weighted by Gasteiger charge is 2.17. The van der Waals surface area contributed by atoms with E-state index in [2.05, 4.69) is 16.4 Å². The van der Waals surface area contributed by atoms with E-state index in [9.17, 15) is 14.9 Å². The number of nitro groups is 1. The Morgan fingerprint density at radius 1 is 1.24 bits per heavy atom. The van der Waals surface area contributed by atoms with E-state index in [0.717, 1.165) is 15.8 Å². The number of hydrogen-bond acceptors (Lipinski definition) is 4. The number of H-pyrrole nitrogens is 1. The van der Waals surface area contributed by atoms with Crippen molar-refractivity contribution in [3.63, 3.8) is 0 Å². The number of nitrogens with zero attached hydrogens (tertiary/aromatic N) is 1. The number of aromatic amines is 1. The zero-order valence-corrected chi connectivity index (χ0v) is 14.4. The van der Waals surface area contributed by atoms with E-state index in [1.165, 1.54) is 12.1 Å². The molecule has 3 aromatic rings. The number of nitrogens with one attached hydrogen (secondary N) is 2. The summed E-state index contributed by atoms with van der Waals surface area (Å²) < 4.78 is 0. The lowest BCUT2D eigenvalue weighted by molar-refractivity contribution is -0.385. The van der Waals surface area contributed by atoms with Gasteiger partial charge in [-0.15, -0.1) is 11.8 Å². The minimum Gasteiger partial charge on any atom is -0.360 e. The molecule has 25 heavy (non-hydrogen) atoms. The Morgan fingerprint density at radius 2 is 2.04 bits per heavy atom. The van der Waals surface area contributed by atoms with Crippen molar-refractivity contribution in [2.24, 2.45) is 0 Å². The van der Waals surface area contributed by atoms with Gasteiger partial charge in [-0.2, -0.15) is 0 Å². The summed E-state index contributed by atoms with van der Waals surface area (Å²) in [6.45, 7) is 2.07. The third-order valence-electron chi connectivity index (χ3n) is 3.94. The van der Waals surface area contributed by atoms with E-state index in [1.54, 1.807) is 24.8 Å². The highest BCUT2D eigenvalue weighted by molar-refractivity contribution is 7.99. The number of aromatic nitrogens is 1. The lowest BCUT2D eigenvalue weighted by Gasteiger charge is -2.07. The number of benzene rings is 2. The molecular weight excluding hydrogens is 338 g/mol. The van der Waals surface area contributed by atoms with Gasteiger partial charge in [-0.25, -0.2) is 0 Å². The van der Waals surface area contributed by atoms with Crippen LogP contribution in [0.15, 0.2) is 53.6 Å². The molecule has 1 aromatic heterocycles. The molecule has 0 aliphatic carbocycles. The summed E-state index contributed by atoms with van der Waals surface area (Å²) in [6, 6.07) is 12.6. The minimum absolute atomic E-state index is 0.0409. The van der Waals surface area contributed by atoms with Crippen LogP contribution in [0, 0.1) is 17.0 Å². The minimum atomic E-state index is -0.473. The molecule has 0 fully saturated rings. The van der Waals surface area contributed by atoms with E-state index >= 15 is 0 Å². The van der Waals surface area contributed by atoms with Gasteiger partial charge in [0.1, 0.15) is 0 Å². The molecule has 1 amide bonds. The van der Waals surface area contributed by atoms with Gasteiger partial charge in [0, 0.05) is 51.5 Å². The van der Waals surface area contributed by atoms with Gasteiger partial charge in [0.25, 0.3) is 11.6 Å². The number of nitro benzene ring substituents is 1. The van der Waals surface area contributed by atoms with E-state index in [0.29, 0.717) is 23.4 Å². The molecule has 0 bridgehead atoms. The molecule has 6 nitrogen and oxygen atoms in total. The van der Waals surface area contributed by atoms with Gasteiger partial charge in [0.05, 0.1) is 4.92 Å². The van der Waals surface area contributed by atoms with E-state index < -0.39 is 4.92 Å². The van der Waals surface area contributed by atoms with Crippen molar-refractivity contribution in [1.82, 2.24) is 10.3 Å². The molecule has 0 atom stereocenters. The van der Waals surface area contributed by atoms with Crippen LogP contribution in [0.5, 0.6) is 0 Å². The molecule has 128 valence electrons. The molecule has 2 N–H and O–H groups in total. The van der Waals surface area contributed by atoms with Crippen LogP contribution in [0.2, 0.25) is 0 Å². The largest absolute Gasteiger partial charge is 0.360 e. The maximum absolute atomic E-state index is 12.3. The SMILES string of the molecule is Cc1c(C(=O)NCCSc2c[nH]c3ccccc23)cccc1[N+](=O)[O-]. The normalized spacial score (nSPS) is 10.8. The smallest absolute Gasteiger partial charge is 0.273 e. The highest BCUT2D eigenvalue weighted by atomic mass is 32.2. The molecule has 0 saturated heterocycles. The molecule has 0 spiro atoms. The highest BCUT2D eigenvalue weighted by Crippen LogP contribution is 2.27. The van der Waals surface area contributed by atoms with E-state index in [1.807, 2.05) is 24.4 Å². The van der Waals surface area contributed by atoms with Crippen LogP contribution in [-0.2, 0) is 0 Å². The number of amides is 1. The Bertz CT molecular complexity index is 936. The zero-order valence-electron chi connectivity index (χ0n) is 13.6. The average Bonchev–Trinajstić information content (AvgIpc) is 3.01. The summed E-state index contributed by atoms with van der Waals surface area (Å²) in [7, 11) is 0. The standard InChI is InChI=1S/C18H17N3O3S/c1-12-13(6-4-8-16(12)21(23)24)18(22)19-9-10-25-17-11-20-15-7-3-2-5-14(15)17/h2-8,11,20H,9-10H2,1H3,(H,19,22).